The van der Waals surface area contributed by atoms with Crippen molar-refractivity contribution in [2.75, 3.05) is 39.3 Å². The Morgan fingerprint density at radius 1 is 1.04 bits per heavy atom. The Balaban J connectivity index is 1.31. The van der Waals surface area contributed by atoms with Crippen molar-refractivity contribution < 1.29 is 4.74 Å². The summed E-state index contributed by atoms with van der Waals surface area (Å²) in [5.41, 5.74) is 0. The molecule has 2 heterocycles. The molecule has 3 rings (SSSR count). The molecule has 124 valence electrons. The van der Waals surface area contributed by atoms with Gasteiger partial charge in [-0.3, -0.25) is 4.90 Å². The van der Waals surface area contributed by atoms with E-state index < -0.39 is 0 Å². The lowest BCUT2D eigenvalue weighted by Gasteiger charge is -2.34. The van der Waals surface area contributed by atoms with Crippen LogP contribution in [0, 0.1) is 0 Å². The Kier molecular flexibility index (Phi) is 5.66. The second-order valence-corrected chi connectivity index (χ2v) is 6.09. The van der Waals surface area contributed by atoms with Crippen molar-refractivity contribution in [3.8, 4) is 5.75 Å². The number of rotatable bonds is 7. The van der Waals surface area contributed by atoms with Crippen molar-refractivity contribution in [2.24, 2.45) is 7.05 Å². The molecule has 2 aromatic rings. The van der Waals surface area contributed by atoms with E-state index in [1.54, 1.807) is 0 Å². The average molecular weight is 314 g/mol. The molecule has 1 aromatic heterocycles. The van der Waals surface area contributed by atoms with Gasteiger partial charge in [-0.1, -0.05) is 18.2 Å². The summed E-state index contributed by atoms with van der Waals surface area (Å²) in [6, 6.07) is 10.1. The molecule has 0 aliphatic carbocycles. The molecular weight excluding hydrogens is 288 g/mol. The summed E-state index contributed by atoms with van der Waals surface area (Å²) in [7, 11) is 2.06. The molecule has 0 spiro atoms. The number of benzene rings is 1. The van der Waals surface area contributed by atoms with Crippen LogP contribution in [-0.2, 0) is 13.6 Å². The van der Waals surface area contributed by atoms with Gasteiger partial charge in [-0.2, -0.15) is 0 Å². The minimum atomic E-state index is 0.789. The van der Waals surface area contributed by atoms with Gasteiger partial charge in [0.1, 0.15) is 11.6 Å². The van der Waals surface area contributed by atoms with Gasteiger partial charge >= 0.3 is 0 Å². The maximum Gasteiger partial charge on any atom is 0.122 e. The summed E-state index contributed by atoms with van der Waals surface area (Å²) >= 11 is 0. The second kappa shape index (κ2) is 8.13. The van der Waals surface area contributed by atoms with E-state index in [1.807, 2.05) is 42.7 Å². The summed E-state index contributed by atoms with van der Waals surface area (Å²) in [5.74, 6) is 2.11. The monoisotopic (exact) mass is 314 g/mol. The summed E-state index contributed by atoms with van der Waals surface area (Å²) in [4.78, 5) is 9.43. The Bertz CT molecular complexity index is 576. The van der Waals surface area contributed by atoms with Crippen molar-refractivity contribution in [1.82, 2.24) is 19.4 Å². The van der Waals surface area contributed by atoms with Crippen molar-refractivity contribution in [1.29, 1.82) is 0 Å². The van der Waals surface area contributed by atoms with Gasteiger partial charge in [-0.05, 0) is 18.6 Å². The summed E-state index contributed by atoms with van der Waals surface area (Å²) in [6.07, 6.45) is 4.96. The highest BCUT2D eigenvalue weighted by atomic mass is 16.5. The third-order valence-electron chi connectivity index (χ3n) is 4.38. The molecular formula is C18H26N4O. The van der Waals surface area contributed by atoms with E-state index in [0.717, 1.165) is 63.9 Å². The van der Waals surface area contributed by atoms with Crippen molar-refractivity contribution in [3.05, 3.63) is 48.5 Å². The van der Waals surface area contributed by atoms with E-state index in [-0.39, 0.29) is 0 Å². The predicted octanol–water partition coefficient (Wildman–Crippen LogP) is 2.01. The van der Waals surface area contributed by atoms with Gasteiger partial charge < -0.3 is 14.2 Å². The molecule has 5 heteroatoms. The molecule has 0 saturated carbocycles. The van der Waals surface area contributed by atoms with Crippen LogP contribution in [0.15, 0.2) is 42.7 Å². The quantitative estimate of drug-likeness (QED) is 0.732. The number of imidazole rings is 1. The van der Waals surface area contributed by atoms with Gasteiger partial charge in [0.2, 0.25) is 0 Å². The Labute approximate surface area is 138 Å². The molecule has 23 heavy (non-hydrogen) atoms. The highest BCUT2D eigenvalue weighted by Gasteiger charge is 2.17. The SMILES string of the molecule is Cn1ccnc1CN1CCN(CCCOc2ccccc2)CC1. The zero-order chi connectivity index (χ0) is 15.9. The van der Waals surface area contributed by atoms with Crippen molar-refractivity contribution in [3.63, 3.8) is 0 Å². The molecule has 0 bridgehead atoms. The van der Waals surface area contributed by atoms with E-state index in [2.05, 4.69) is 26.4 Å². The average Bonchev–Trinajstić information content (AvgIpc) is 2.99. The van der Waals surface area contributed by atoms with E-state index in [4.69, 9.17) is 4.74 Å². The lowest BCUT2D eigenvalue weighted by Crippen LogP contribution is -2.46. The highest BCUT2D eigenvalue weighted by molar-refractivity contribution is 5.20. The summed E-state index contributed by atoms with van der Waals surface area (Å²) < 4.78 is 7.86. The molecule has 1 fully saturated rings. The van der Waals surface area contributed by atoms with E-state index in [1.165, 1.54) is 0 Å². The largest absolute Gasteiger partial charge is 0.494 e. The van der Waals surface area contributed by atoms with Crippen molar-refractivity contribution >= 4 is 0 Å². The fourth-order valence-corrected chi connectivity index (χ4v) is 2.91. The summed E-state index contributed by atoms with van der Waals surface area (Å²) in [6.45, 7) is 7.36. The number of hydrogen-bond donors (Lipinski definition) is 0. The van der Waals surface area contributed by atoms with Crippen LogP contribution in [-0.4, -0.2) is 58.7 Å². The maximum atomic E-state index is 5.75. The standard InChI is InChI=1S/C18H26N4O/c1-20-10-8-19-18(20)16-22-13-11-21(12-14-22)9-5-15-23-17-6-3-2-4-7-17/h2-4,6-8,10H,5,9,11-16H2,1H3. The van der Waals surface area contributed by atoms with E-state index in [9.17, 15) is 0 Å². The third-order valence-corrected chi connectivity index (χ3v) is 4.38. The number of para-hydroxylation sites is 1. The smallest absolute Gasteiger partial charge is 0.122 e. The summed E-state index contributed by atoms with van der Waals surface area (Å²) in [5, 5.41) is 0. The van der Waals surface area contributed by atoms with Gasteiger partial charge in [0.15, 0.2) is 0 Å². The van der Waals surface area contributed by atoms with Crippen LogP contribution >= 0.6 is 0 Å². The molecule has 5 nitrogen and oxygen atoms in total. The molecule has 0 unspecified atom stereocenters. The van der Waals surface area contributed by atoms with Crippen LogP contribution in [0.25, 0.3) is 0 Å². The fourth-order valence-electron chi connectivity index (χ4n) is 2.91. The molecule has 0 amide bonds. The van der Waals surface area contributed by atoms with Crippen LogP contribution in [0.2, 0.25) is 0 Å². The van der Waals surface area contributed by atoms with Gasteiger partial charge in [0.25, 0.3) is 0 Å². The first-order valence-electron chi connectivity index (χ1n) is 8.40. The number of piperazine rings is 1. The van der Waals surface area contributed by atoms with Crippen LogP contribution < -0.4 is 4.74 Å². The molecule has 1 aliphatic rings. The van der Waals surface area contributed by atoms with E-state index >= 15 is 0 Å². The van der Waals surface area contributed by atoms with Crippen LogP contribution in [0.3, 0.4) is 0 Å². The lowest BCUT2D eigenvalue weighted by molar-refractivity contribution is 0.118. The van der Waals surface area contributed by atoms with Gasteiger partial charge in [-0.25, -0.2) is 4.98 Å². The number of hydrogen-bond acceptors (Lipinski definition) is 4. The molecule has 0 radical (unpaired) electrons. The van der Waals surface area contributed by atoms with Gasteiger partial charge in [-0.15, -0.1) is 0 Å². The van der Waals surface area contributed by atoms with Crippen LogP contribution in [0.4, 0.5) is 0 Å². The molecule has 1 aromatic carbocycles. The topological polar surface area (TPSA) is 33.5 Å². The predicted molar refractivity (Wildman–Crippen MR) is 91.5 cm³/mol. The highest BCUT2D eigenvalue weighted by Crippen LogP contribution is 2.10. The number of aryl methyl sites for hydroxylation is 1. The third kappa shape index (κ3) is 4.81. The Hall–Kier alpha value is -1.85. The van der Waals surface area contributed by atoms with Gasteiger partial charge in [0, 0.05) is 52.2 Å². The molecule has 1 aliphatic heterocycles. The zero-order valence-corrected chi connectivity index (χ0v) is 13.9. The normalized spacial score (nSPS) is 16.6. The van der Waals surface area contributed by atoms with Gasteiger partial charge in [0.05, 0.1) is 13.2 Å². The zero-order valence-electron chi connectivity index (χ0n) is 13.9. The Morgan fingerprint density at radius 2 is 1.78 bits per heavy atom. The minimum absolute atomic E-state index is 0.789. The number of aromatic nitrogens is 2. The first-order chi connectivity index (χ1) is 11.3. The maximum absolute atomic E-state index is 5.75. The molecule has 1 saturated heterocycles. The number of ether oxygens (including phenoxy) is 1. The van der Waals surface area contributed by atoms with Crippen LogP contribution in [0.5, 0.6) is 5.75 Å². The first kappa shape index (κ1) is 16.0. The van der Waals surface area contributed by atoms with Crippen LogP contribution in [0.1, 0.15) is 12.2 Å². The molecule has 0 atom stereocenters. The van der Waals surface area contributed by atoms with Crippen molar-refractivity contribution in [2.45, 2.75) is 13.0 Å². The number of nitrogens with zero attached hydrogens (tertiary/aromatic N) is 4. The first-order valence-corrected chi connectivity index (χ1v) is 8.40. The van der Waals surface area contributed by atoms with E-state index in [0.29, 0.717) is 0 Å². The lowest BCUT2D eigenvalue weighted by atomic mass is 10.3. The Morgan fingerprint density at radius 3 is 2.48 bits per heavy atom. The fraction of sp³-hybridized carbons (Fsp3) is 0.500. The molecule has 0 N–H and O–H groups in total. The minimum Gasteiger partial charge on any atom is -0.494 e. The second-order valence-electron chi connectivity index (χ2n) is 6.09.